The van der Waals surface area contributed by atoms with Crippen molar-refractivity contribution in [3.05, 3.63) is 28.7 Å². The molecular formula is C22H29NO5S2. The monoisotopic (exact) mass is 451 g/mol. The Morgan fingerprint density at radius 2 is 2.03 bits per heavy atom. The maximum Gasteiger partial charge on any atom is 0.307 e. The fourth-order valence-corrected chi connectivity index (χ4v) is 3.94. The molecule has 1 heterocycles. The summed E-state index contributed by atoms with van der Waals surface area (Å²) in [6.07, 6.45) is 3.62. The third-order valence-electron chi connectivity index (χ3n) is 4.32. The Balaban J connectivity index is 2.04. The number of carbonyl (C=O) groups excluding carboxylic acids is 2. The lowest BCUT2D eigenvalue weighted by atomic mass is 10.1. The van der Waals surface area contributed by atoms with Gasteiger partial charge in [-0.2, -0.15) is 0 Å². The summed E-state index contributed by atoms with van der Waals surface area (Å²) in [6, 6.07) is 5.55. The molecular weight excluding hydrogens is 422 g/mol. The van der Waals surface area contributed by atoms with Crippen molar-refractivity contribution in [2.24, 2.45) is 5.92 Å². The Bertz CT molecular complexity index is 807. The highest BCUT2D eigenvalue weighted by molar-refractivity contribution is 8.26. The molecule has 30 heavy (non-hydrogen) atoms. The van der Waals surface area contributed by atoms with E-state index < -0.39 is 0 Å². The highest BCUT2D eigenvalue weighted by Gasteiger charge is 2.32. The van der Waals surface area contributed by atoms with Gasteiger partial charge in [-0.3, -0.25) is 14.5 Å². The fourth-order valence-electron chi connectivity index (χ4n) is 2.63. The second-order valence-electron chi connectivity index (χ2n) is 7.25. The summed E-state index contributed by atoms with van der Waals surface area (Å²) in [5.41, 5.74) is 0.811. The van der Waals surface area contributed by atoms with Crippen LogP contribution in [0.2, 0.25) is 0 Å². The van der Waals surface area contributed by atoms with Gasteiger partial charge in [-0.1, -0.05) is 50.8 Å². The smallest absolute Gasteiger partial charge is 0.307 e. The summed E-state index contributed by atoms with van der Waals surface area (Å²) in [5, 5.41) is 0. The maximum absolute atomic E-state index is 12.7. The molecule has 1 aromatic rings. The van der Waals surface area contributed by atoms with Crippen molar-refractivity contribution in [3.63, 3.8) is 0 Å². The normalized spacial score (nSPS) is 15.2. The zero-order valence-corrected chi connectivity index (χ0v) is 19.6. The molecule has 2 rings (SSSR count). The molecule has 0 unspecified atom stereocenters. The molecule has 0 bridgehead atoms. The lowest BCUT2D eigenvalue weighted by Gasteiger charge is -2.13. The molecule has 1 amide bonds. The molecule has 1 fully saturated rings. The Morgan fingerprint density at radius 1 is 1.27 bits per heavy atom. The standard InChI is InChI=1S/C22H29NO5S2/c1-5-11-28-20(24)8-10-23-21(25)19(30-22(23)29)14-16-6-7-17(18(13-16)26-4)27-12-9-15(2)3/h6-7,13-15H,5,8-12H2,1-4H3/b19-14+. The molecule has 1 saturated heterocycles. The number of methoxy groups -OCH3 is 1. The van der Waals surface area contributed by atoms with Gasteiger partial charge in [0.15, 0.2) is 11.5 Å². The first-order chi connectivity index (χ1) is 14.3. The van der Waals surface area contributed by atoms with Crippen LogP contribution in [-0.2, 0) is 14.3 Å². The van der Waals surface area contributed by atoms with Crippen molar-refractivity contribution in [2.75, 3.05) is 26.9 Å². The van der Waals surface area contributed by atoms with Gasteiger partial charge in [0.25, 0.3) is 5.91 Å². The SMILES string of the molecule is CCCOC(=O)CCN1C(=O)/C(=C\c2ccc(OCCC(C)C)c(OC)c2)SC1=S. The highest BCUT2D eigenvalue weighted by atomic mass is 32.2. The van der Waals surface area contributed by atoms with E-state index in [1.54, 1.807) is 13.2 Å². The van der Waals surface area contributed by atoms with E-state index in [0.717, 1.165) is 18.4 Å². The van der Waals surface area contributed by atoms with E-state index in [1.165, 1.54) is 16.7 Å². The summed E-state index contributed by atoms with van der Waals surface area (Å²) >= 11 is 6.54. The molecule has 0 atom stereocenters. The predicted molar refractivity (Wildman–Crippen MR) is 124 cm³/mol. The number of esters is 1. The molecule has 0 aromatic heterocycles. The predicted octanol–water partition coefficient (Wildman–Crippen LogP) is 4.66. The molecule has 6 nitrogen and oxygen atoms in total. The number of hydrogen-bond acceptors (Lipinski definition) is 7. The largest absolute Gasteiger partial charge is 0.493 e. The van der Waals surface area contributed by atoms with Crippen LogP contribution in [0.25, 0.3) is 6.08 Å². The Hall–Kier alpha value is -2.06. The minimum absolute atomic E-state index is 0.121. The van der Waals surface area contributed by atoms with Crippen LogP contribution in [0.4, 0.5) is 0 Å². The fraction of sp³-hybridized carbons (Fsp3) is 0.500. The van der Waals surface area contributed by atoms with Crippen LogP contribution in [0.15, 0.2) is 23.1 Å². The van der Waals surface area contributed by atoms with Gasteiger partial charge in [0.2, 0.25) is 0 Å². The quantitative estimate of drug-likeness (QED) is 0.275. The lowest BCUT2D eigenvalue weighted by Crippen LogP contribution is -2.30. The summed E-state index contributed by atoms with van der Waals surface area (Å²) in [4.78, 5) is 26.4. The molecule has 1 aliphatic heterocycles. The minimum Gasteiger partial charge on any atom is -0.493 e. The summed E-state index contributed by atoms with van der Waals surface area (Å²) < 4.78 is 16.7. The molecule has 164 valence electrons. The number of ether oxygens (including phenoxy) is 3. The Labute approximate surface area is 187 Å². The first kappa shape index (κ1) is 24.2. The number of amides is 1. The van der Waals surface area contributed by atoms with Crippen LogP contribution < -0.4 is 9.47 Å². The van der Waals surface area contributed by atoms with E-state index in [-0.39, 0.29) is 24.8 Å². The molecule has 0 radical (unpaired) electrons. The van der Waals surface area contributed by atoms with Crippen LogP contribution >= 0.6 is 24.0 Å². The summed E-state index contributed by atoms with van der Waals surface area (Å²) in [7, 11) is 1.59. The number of carbonyl (C=O) groups is 2. The zero-order valence-electron chi connectivity index (χ0n) is 17.9. The van der Waals surface area contributed by atoms with Gasteiger partial charge in [0.05, 0.1) is 31.6 Å². The van der Waals surface area contributed by atoms with Crippen LogP contribution in [0.5, 0.6) is 11.5 Å². The van der Waals surface area contributed by atoms with E-state index in [2.05, 4.69) is 13.8 Å². The van der Waals surface area contributed by atoms with E-state index in [9.17, 15) is 9.59 Å². The van der Waals surface area contributed by atoms with Crippen molar-refractivity contribution in [3.8, 4) is 11.5 Å². The van der Waals surface area contributed by atoms with Crippen LogP contribution in [0, 0.1) is 5.92 Å². The number of hydrogen-bond donors (Lipinski definition) is 0. The number of thiocarbonyl (C=S) groups is 1. The molecule has 0 saturated carbocycles. The maximum atomic E-state index is 12.7. The van der Waals surface area contributed by atoms with Gasteiger partial charge in [0.1, 0.15) is 4.32 Å². The first-order valence-corrected chi connectivity index (χ1v) is 11.3. The van der Waals surface area contributed by atoms with Crippen LogP contribution in [-0.4, -0.2) is 48.0 Å². The number of rotatable bonds is 11. The van der Waals surface area contributed by atoms with E-state index >= 15 is 0 Å². The van der Waals surface area contributed by atoms with Gasteiger partial charge >= 0.3 is 5.97 Å². The topological polar surface area (TPSA) is 65.1 Å². The van der Waals surface area contributed by atoms with Gasteiger partial charge in [0, 0.05) is 6.54 Å². The molecule has 0 spiro atoms. The average Bonchev–Trinajstić information content (AvgIpc) is 2.98. The highest BCUT2D eigenvalue weighted by Crippen LogP contribution is 2.35. The van der Waals surface area contributed by atoms with E-state index in [4.69, 9.17) is 26.4 Å². The Kier molecular flexibility index (Phi) is 9.65. The van der Waals surface area contributed by atoms with Gasteiger partial charge in [-0.05, 0) is 42.5 Å². The molecule has 1 aliphatic rings. The van der Waals surface area contributed by atoms with Crippen LogP contribution in [0.1, 0.15) is 45.6 Å². The third-order valence-corrected chi connectivity index (χ3v) is 5.70. The number of thioether (sulfide) groups is 1. The third kappa shape index (κ3) is 7.02. The Morgan fingerprint density at radius 3 is 2.70 bits per heavy atom. The van der Waals surface area contributed by atoms with Crippen molar-refractivity contribution in [1.82, 2.24) is 4.90 Å². The first-order valence-electron chi connectivity index (χ1n) is 10.1. The number of nitrogens with zero attached hydrogens (tertiary/aromatic N) is 1. The number of benzene rings is 1. The minimum atomic E-state index is -0.326. The van der Waals surface area contributed by atoms with E-state index in [0.29, 0.717) is 39.9 Å². The molecule has 0 aliphatic carbocycles. The van der Waals surface area contributed by atoms with Crippen LogP contribution in [0.3, 0.4) is 0 Å². The zero-order chi connectivity index (χ0) is 22.1. The molecule has 0 N–H and O–H groups in total. The van der Waals surface area contributed by atoms with Gasteiger partial charge in [-0.25, -0.2) is 0 Å². The second-order valence-corrected chi connectivity index (χ2v) is 8.92. The molecule has 8 heteroatoms. The van der Waals surface area contributed by atoms with Crippen molar-refractivity contribution in [2.45, 2.75) is 40.0 Å². The summed E-state index contributed by atoms with van der Waals surface area (Å²) in [5.74, 6) is 1.32. The van der Waals surface area contributed by atoms with E-state index in [1.807, 2.05) is 25.1 Å². The van der Waals surface area contributed by atoms with Crippen molar-refractivity contribution in [1.29, 1.82) is 0 Å². The average molecular weight is 452 g/mol. The van der Waals surface area contributed by atoms with Gasteiger partial charge < -0.3 is 14.2 Å². The lowest BCUT2D eigenvalue weighted by molar-refractivity contribution is -0.143. The van der Waals surface area contributed by atoms with Gasteiger partial charge in [-0.15, -0.1) is 0 Å². The van der Waals surface area contributed by atoms with Crippen molar-refractivity contribution >= 4 is 46.3 Å². The van der Waals surface area contributed by atoms with Crippen molar-refractivity contribution < 1.29 is 23.8 Å². The second kappa shape index (κ2) is 12.0. The summed E-state index contributed by atoms with van der Waals surface area (Å²) in [6.45, 7) is 7.45. The molecule has 1 aromatic carbocycles.